The van der Waals surface area contributed by atoms with Gasteiger partial charge in [0.15, 0.2) is 11.6 Å². The van der Waals surface area contributed by atoms with E-state index in [1.807, 2.05) is 0 Å². The maximum Gasteiger partial charge on any atom is 0.231 e. The Balaban J connectivity index is 1.35. The van der Waals surface area contributed by atoms with Crippen LogP contribution in [0, 0.1) is 35.2 Å². The molecule has 2 bridgehead atoms. The first-order valence-electron chi connectivity index (χ1n) is 10.3. The van der Waals surface area contributed by atoms with E-state index in [0.29, 0.717) is 17.3 Å². The Hall–Kier alpha value is -3.16. The van der Waals surface area contributed by atoms with Crippen molar-refractivity contribution in [1.82, 2.24) is 15.5 Å². The zero-order valence-electron chi connectivity index (χ0n) is 16.5. The van der Waals surface area contributed by atoms with E-state index < -0.39 is 11.6 Å². The highest BCUT2D eigenvalue weighted by molar-refractivity contribution is 5.80. The van der Waals surface area contributed by atoms with Crippen LogP contribution >= 0.6 is 0 Å². The molecule has 2 aliphatic rings. The molecular formula is C23H20F3N3O2. The molecule has 2 aromatic carbocycles. The number of hydrogen-bond acceptors (Lipinski definition) is 4. The third-order valence-corrected chi connectivity index (χ3v) is 6.53. The maximum atomic E-state index is 13.9. The van der Waals surface area contributed by atoms with Crippen molar-refractivity contribution in [2.45, 2.75) is 31.7 Å². The minimum Gasteiger partial charge on any atom is -0.352 e. The van der Waals surface area contributed by atoms with Crippen molar-refractivity contribution >= 4 is 5.91 Å². The van der Waals surface area contributed by atoms with E-state index >= 15 is 0 Å². The smallest absolute Gasteiger partial charge is 0.231 e. The Bertz CT molecular complexity index is 1120. The number of carbonyl (C=O) groups excluding carboxylic acids is 1. The fraction of sp³-hybridized carbons (Fsp3) is 0.348. The fourth-order valence-corrected chi connectivity index (χ4v) is 5.10. The van der Waals surface area contributed by atoms with Crippen molar-refractivity contribution in [2.24, 2.45) is 17.8 Å². The van der Waals surface area contributed by atoms with Gasteiger partial charge in [0, 0.05) is 17.7 Å². The van der Waals surface area contributed by atoms with E-state index in [1.165, 1.54) is 24.3 Å². The predicted octanol–water partition coefficient (Wildman–Crippen LogP) is 4.60. The van der Waals surface area contributed by atoms with Crippen LogP contribution in [0.4, 0.5) is 13.2 Å². The molecule has 4 atom stereocenters. The van der Waals surface area contributed by atoms with Gasteiger partial charge in [0.25, 0.3) is 0 Å². The van der Waals surface area contributed by atoms with Crippen LogP contribution in [0.1, 0.15) is 36.6 Å². The summed E-state index contributed by atoms with van der Waals surface area (Å²) >= 11 is 0. The van der Waals surface area contributed by atoms with Crippen molar-refractivity contribution in [1.29, 1.82) is 0 Å². The Morgan fingerprint density at radius 3 is 2.65 bits per heavy atom. The van der Waals surface area contributed by atoms with Gasteiger partial charge >= 0.3 is 0 Å². The van der Waals surface area contributed by atoms with Gasteiger partial charge in [0.1, 0.15) is 5.82 Å². The summed E-state index contributed by atoms with van der Waals surface area (Å²) in [5, 5.41) is 6.78. The minimum absolute atomic E-state index is 0.0896. The molecule has 31 heavy (non-hydrogen) atoms. The summed E-state index contributed by atoms with van der Waals surface area (Å²) < 4.78 is 46.1. The van der Waals surface area contributed by atoms with E-state index in [-0.39, 0.29) is 47.5 Å². The average Bonchev–Trinajstić information content (AvgIpc) is 3.51. The molecule has 0 saturated heterocycles. The first-order valence-corrected chi connectivity index (χ1v) is 10.3. The van der Waals surface area contributed by atoms with Crippen molar-refractivity contribution in [3.05, 3.63) is 71.4 Å². The molecule has 1 heterocycles. The quantitative estimate of drug-likeness (QED) is 0.646. The second-order valence-corrected chi connectivity index (χ2v) is 8.28. The Kier molecular flexibility index (Phi) is 5.00. The standard InChI is InChI=1S/C23H20F3N3O2/c24-16-8-6-12(7-9-16)21-28-23(31-29-21)19-14-5-4-13(10-14)18(19)22(30)27-11-15-2-1-3-17(25)20(15)26/h1-3,6-9,13-14,18-19H,4-5,10-11H2,(H,27,30)/t13-,14+,18-,19-/m0/s1. The summed E-state index contributed by atoms with van der Waals surface area (Å²) in [6.07, 6.45) is 2.81. The Morgan fingerprint density at radius 1 is 1.06 bits per heavy atom. The zero-order valence-corrected chi connectivity index (χ0v) is 16.5. The van der Waals surface area contributed by atoms with Crippen LogP contribution in [0.3, 0.4) is 0 Å². The second kappa shape index (κ2) is 7.83. The topological polar surface area (TPSA) is 68.0 Å². The number of amides is 1. The lowest BCUT2D eigenvalue weighted by atomic mass is 9.78. The van der Waals surface area contributed by atoms with Crippen LogP contribution in [-0.2, 0) is 11.3 Å². The van der Waals surface area contributed by atoms with E-state index in [4.69, 9.17) is 4.52 Å². The van der Waals surface area contributed by atoms with E-state index in [0.717, 1.165) is 25.3 Å². The van der Waals surface area contributed by atoms with Gasteiger partial charge < -0.3 is 9.84 Å². The third kappa shape index (κ3) is 3.60. The van der Waals surface area contributed by atoms with E-state index in [2.05, 4.69) is 15.5 Å². The predicted molar refractivity (Wildman–Crippen MR) is 105 cm³/mol. The highest BCUT2D eigenvalue weighted by Crippen LogP contribution is 2.56. The molecule has 2 fully saturated rings. The molecule has 1 amide bonds. The molecule has 0 unspecified atom stereocenters. The summed E-state index contributed by atoms with van der Waals surface area (Å²) in [7, 11) is 0. The molecule has 5 rings (SSSR count). The number of benzene rings is 2. The molecule has 0 aliphatic heterocycles. The zero-order chi connectivity index (χ0) is 21.5. The third-order valence-electron chi connectivity index (χ3n) is 6.53. The Labute approximate surface area is 176 Å². The summed E-state index contributed by atoms with van der Waals surface area (Å²) in [6.45, 7) is -0.0896. The number of hydrogen-bond donors (Lipinski definition) is 1. The van der Waals surface area contributed by atoms with Crippen LogP contribution < -0.4 is 5.32 Å². The molecule has 2 saturated carbocycles. The lowest BCUT2D eigenvalue weighted by Crippen LogP contribution is -2.37. The number of carbonyl (C=O) groups is 1. The van der Waals surface area contributed by atoms with Crippen LogP contribution in [0.5, 0.6) is 0 Å². The van der Waals surface area contributed by atoms with Crippen LogP contribution in [0.15, 0.2) is 47.0 Å². The molecule has 0 radical (unpaired) electrons. The second-order valence-electron chi connectivity index (χ2n) is 8.28. The molecule has 160 valence electrons. The molecule has 1 N–H and O–H groups in total. The van der Waals surface area contributed by atoms with Crippen molar-refractivity contribution in [3.63, 3.8) is 0 Å². The minimum atomic E-state index is -0.951. The monoisotopic (exact) mass is 427 g/mol. The highest BCUT2D eigenvalue weighted by Gasteiger charge is 2.53. The van der Waals surface area contributed by atoms with Gasteiger partial charge in [-0.2, -0.15) is 4.98 Å². The number of fused-ring (bicyclic) bond motifs is 2. The van der Waals surface area contributed by atoms with Gasteiger partial charge in [-0.25, -0.2) is 13.2 Å². The molecule has 5 nitrogen and oxygen atoms in total. The molecule has 8 heteroatoms. The first-order chi connectivity index (χ1) is 15.0. The number of aromatic nitrogens is 2. The fourth-order valence-electron chi connectivity index (χ4n) is 5.10. The van der Waals surface area contributed by atoms with Gasteiger partial charge in [-0.05, 0) is 61.4 Å². The van der Waals surface area contributed by atoms with Gasteiger partial charge in [0.05, 0.1) is 11.8 Å². The molecule has 2 aliphatic carbocycles. The molecule has 3 aromatic rings. The first kappa shape index (κ1) is 19.8. The molecular weight excluding hydrogens is 407 g/mol. The van der Waals surface area contributed by atoms with Crippen molar-refractivity contribution < 1.29 is 22.5 Å². The number of rotatable bonds is 5. The maximum absolute atomic E-state index is 13.9. The van der Waals surface area contributed by atoms with Gasteiger partial charge in [0.2, 0.25) is 17.6 Å². The van der Waals surface area contributed by atoms with Crippen molar-refractivity contribution in [2.75, 3.05) is 0 Å². The van der Waals surface area contributed by atoms with Gasteiger partial charge in [-0.15, -0.1) is 0 Å². The summed E-state index contributed by atoms with van der Waals surface area (Å²) in [5.41, 5.74) is 0.728. The number of nitrogens with one attached hydrogen (secondary N) is 1. The van der Waals surface area contributed by atoms with Crippen LogP contribution in [-0.4, -0.2) is 16.0 Å². The normalized spacial score (nSPS) is 24.5. The lowest BCUT2D eigenvalue weighted by molar-refractivity contribution is -0.127. The number of nitrogens with zero attached hydrogens (tertiary/aromatic N) is 2. The number of halogens is 3. The van der Waals surface area contributed by atoms with Crippen LogP contribution in [0.2, 0.25) is 0 Å². The Morgan fingerprint density at radius 2 is 1.84 bits per heavy atom. The summed E-state index contributed by atoms with van der Waals surface area (Å²) in [6, 6.07) is 9.70. The molecule has 1 aromatic heterocycles. The molecule has 0 spiro atoms. The van der Waals surface area contributed by atoms with E-state index in [1.54, 1.807) is 12.1 Å². The van der Waals surface area contributed by atoms with Gasteiger partial charge in [-0.1, -0.05) is 17.3 Å². The SMILES string of the molecule is O=C(NCc1cccc(F)c1F)[C@H]1[C@H]2CC[C@H](C2)[C@@H]1c1nc(-c2ccc(F)cc2)no1. The summed E-state index contributed by atoms with van der Waals surface area (Å²) in [5.74, 6) is -1.87. The van der Waals surface area contributed by atoms with E-state index in [9.17, 15) is 18.0 Å². The van der Waals surface area contributed by atoms with Crippen molar-refractivity contribution in [3.8, 4) is 11.4 Å². The lowest BCUT2D eigenvalue weighted by Gasteiger charge is -2.27. The van der Waals surface area contributed by atoms with Gasteiger partial charge in [-0.3, -0.25) is 4.79 Å². The summed E-state index contributed by atoms with van der Waals surface area (Å²) in [4.78, 5) is 17.5. The van der Waals surface area contributed by atoms with Crippen LogP contribution in [0.25, 0.3) is 11.4 Å². The average molecular weight is 427 g/mol. The highest BCUT2D eigenvalue weighted by atomic mass is 19.2. The largest absolute Gasteiger partial charge is 0.352 e.